The Hall–Kier alpha value is -1.06. The molecule has 0 aliphatic rings. The van der Waals surface area contributed by atoms with Crippen LogP contribution in [0.3, 0.4) is 0 Å². The number of hydrogen-bond acceptors (Lipinski definition) is 4. The number of rotatable bonds is 8. The maximum absolute atomic E-state index is 10.8. The monoisotopic (exact) mass is 258 g/mol. The molecule has 0 aliphatic carbocycles. The second-order valence-corrected chi connectivity index (χ2v) is 5.27. The van der Waals surface area contributed by atoms with Gasteiger partial charge < -0.3 is 9.47 Å². The Balaban J connectivity index is 4.10. The fourth-order valence-corrected chi connectivity index (χ4v) is 1.52. The van der Waals surface area contributed by atoms with E-state index in [2.05, 4.69) is 20.8 Å². The van der Waals surface area contributed by atoms with Crippen LogP contribution in [0.5, 0.6) is 0 Å². The molecule has 0 amide bonds. The molecule has 0 aromatic carbocycles. The van der Waals surface area contributed by atoms with Crippen LogP contribution in [0.15, 0.2) is 0 Å². The molecular formula is C14H26O4. The Morgan fingerprint density at radius 3 is 1.67 bits per heavy atom. The molecule has 0 radical (unpaired) electrons. The SMILES string of the molecule is CC(=O)OCC(CCC(C)C(C)C)COC(C)=O. The average Bonchev–Trinajstić information content (AvgIpc) is 2.26. The van der Waals surface area contributed by atoms with E-state index in [0.717, 1.165) is 12.8 Å². The van der Waals surface area contributed by atoms with E-state index < -0.39 is 0 Å². The molecule has 18 heavy (non-hydrogen) atoms. The Bertz CT molecular complexity index is 243. The van der Waals surface area contributed by atoms with Crippen LogP contribution >= 0.6 is 0 Å². The first-order valence-electron chi connectivity index (χ1n) is 6.59. The predicted molar refractivity (Wildman–Crippen MR) is 70.0 cm³/mol. The van der Waals surface area contributed by atoms with Crippen molar-refractivity contribution in [3.05, 3.63) is 0 Å². The first-order chi connectivity index (χ1) is 8.32. The third-order valence-electron chi connectivity index (χ3n) is 3.21. The van der Waals surface area contributed by atoms with E-state index >= 15 is 0 Å². The summed E-state index contributed by atoms with van der Waals surface area (Å²) >= 11 is 0. The van der Waals surface area contributed by atoms with Gasteiger partial charge in [0.25, 0.3) is 0 Å². The van der Waals surface area contributed by atoms with Gasteiger partial charge in [0.1, 0.15) is 0 Å². The van der Waals surface area contributed by atoms with Crippen molar-refractivity contribution in [2.45, 2.75) is 47.5 Å². The molecule has 0 saturated carbocycles. The first kappa shape index (κ1) is 16.9. The van der Waals surface area contributed by atoms with Crippen LogP contribution < -0.4 is 0 Å². The molecule has 0 N–H and O–H groups in total. The van der Waals surface area contributed by atoms with Crippen LogP contribution in [0.4, 0.5) is 0 Å². The van der Waals surface area contributed by atoms with Gasteiger partial charge in [0.2, 0.25) is 0 Å². The minimum atomic E-state index is -0.292. The van der Waals surface area contributed by atoms with Crippen molar-refractivity contribution in [2.24, 2.45) is 17.8 Å². The topological polar surface area (TPSA) is 52.6 Å². The Morgan fingerprint density at radius 2 is 1.33 bits per heavy atom. The van der Waals surface area contributed by atoms with Crippen molar-refractivity contribution in [3.8, 4) is 0 Å². The zero-order chi connectivity index (χ0) is 14.1. The molecule has 4 nitrogen and oxygen atoms in total. The number of carbonyl (C=O) groups is 2. The van der Waals surface area contributed by atoms with Gasteiger partial charge in [-0.25, -0.2) is 0 Å². The summed E-state index contributed by atoms with van der Waals surface area (Å²) in [5.74, 6) is 0.758. The van der Waals surface area contributed by atoms with E-state index in [0.29, 0.717) is 25.0 Å². The van der Waals surface area contributed by atoms with E-state index in [1.807, 2.05) is 0 Å². The fraction of sp³-hybridized carbons (Fsp3) is 0.857. The van der Waals surface area contributed by atoms with Gasteiger partial charge in [-0.1, -0.05) is 20.8 Å². The van der Waals surface area contributed by atoms with Crippen molar-refractivity contribution < 1.29 is 19.1 Å². The largest absolute Gasteiger partial charge is 0.465 e. The van der Waals surface area contributed by atoms with Crippen molar-refractivity contribution >= 4 is 11.9 Å². The lowest BCUT2D eigenvalue weighted by molar-refractivity contribution is -0.146. The summed E-state index contributed by atoms with van der Waals surface area (Å²) in [7, 11) is 0. The molecule has 0 rings (SSSR count). The van der Waals surface area contributed by atoms with E-state index in [1.165, 1.54) is 13.8 Å². The highest BCUT2D eigenvalue weighted by atomic mass is 16.5. The maximum Gasteiger partial charge on any atom is 0.302 e. The van der Waals surface area contributed by atoms with Crippen LogP contribution in [0, 0.1) is 17.8 Å². The van der Waals surface area contributed by atoms with Crippen molar-refractivity contribution in [1.29, 1.82) is 0 Å². The number of ether oxygens (including phenoxy) is 2. The summed E-state index contributed by atoms with van der Waals surface area (Å²) in [4.78, 5) is 21.6. The molecule has 0 aromatic heterocycles. The molecule has 0 bridgehead atoms. The first-order valence-corrected chi connectivity index (χ1v) is 6.59. The van der Waals surface area contributed by atoms with Gasteiger partial charge in [0.15, 0.2) is 0 Å². The standard InChI is InChI=1S/C14H26O4/c1-10(2)11(3)6-7-14(8-17-12(4)15)9-18-13(5)16/h10-11,14H,6-9H2,1-5H3. The lowest BCUT2D eigenvalue weighted by atomic mass is 9.90. The molecule has 1 atom stereocenters. The molecule has 1 unspecified atom stereocenters. The number of carbonyl (C=O) groups excluding carboxylic acids is 2. The number of hydrogen-bond donors (Lipinski definition) is 0. The van der Waals surface area contributed by atoms with E-state index in [9.17, 15) is 9.59 Å². The van der Waals surface area contributed by atoms with E-state index in [-0.39, 0.29) is 17.9 Å². The van der Waals surface area contributed by atoms with Gasteiger partial charge in [-0.15, -0.1) is 0 Å². The highest BCUT2D eigenvalue weighted by molar-refractivity contribution is 5.66. The van der Waals surface area contributed by atoms with Gasteiger partial charge in [-0.05, 0) is 24.7 Å². The van der Waals surface area contributed by atoms with Gasteiger partial charge in [0, 0.05) is 19.8 Å². The Kier molecular flexibility index (Phi) is 8.42. The van der Waals surface area contributed by atoms with Crippen LogP contribution in [-0.2, 0) is 19.1 Å². The summed E-state index contributed by atoms with van der Waals surface area (Å²) in [6.45, 7) is 10.0. The summed E-state index contributed by atoms with van der Waals surface area (Å²) in [6.07, 6.45) is 1.95. The number of esters is 2. The normalized spacial score (nSPS) is 12.6. The molecule has 0 fully saturated rings. The van der Waals surface area contributed by atoms with Crippen molar-refractivity contribution in [3.63, 3.8) is 0 Å². The Morgan fingerprint density at radius 1 is 0.889 bits per heavy atom. The highest BCUT2D eigenvalue weighted by Crippen LogP contribution is 2.20. The Labute approximate surface area is 110 Å². The zero-order valence-electron chi connectivity index (χ0n) is 12.2. The fourth-order valence-electron chi connectivity index (χ4n) is 1.52. The van der Waals surface area contributed by atoms with Crippen LogP contribution in [-0.4, -0.2) is 25.2 Å². The predicted octanol–water partition coefficient (Wildman–Crippen LogP) is 2.80. The lowest BCUT2D eigenvalue weighted by Gasteiger charge is -2.20. The van der Waals surface area contributed by atoms with Crippen LogP contribution in [0.2, 0.25) is 0 Å². The van der Waals surface area contributed by atoms with Gasteiger partial charge in [-0.2, -0.15) is 0 Å². The van der Waals surface area contributed by atoms with Crippen LogP contribution in [0.25, 0.3) is 0 Å². The smallest absolute Gasteiger partial charge is 0.302 e. The molecule has 0 spiro atoms. The van der Waals surface area contributed by atoms with Gasteiger partial charge in [0.05, 0.1) is 13.2 Å². The summed E-state index contributed by atoms with van der Waals surface area (Å²) < 4.78 is 10.00. The summed E-state index contributed by atoms with van der Waals surface area (Å²) in [5.41, 5.74) is 0. The maximum atomic E-state index is 10.8. The molecular weight excluding hydrogens is 232 g/mol. The quantitative estimate of drug-likeness (QED) is 0.628. The molecule has 4 heteroatoms. The molecule has 0 aromatic rings. The zero-order valence-corrected chi connectivity index (χ0v) is 12.2. The summed E-state index contributed by atoms with van der Waals surface area (Å²) in [5, 5.41) is 0. The second kappa shape index (κ2) is 8.95. The average molecular weight is 258 g/mol. The van der Waals surface area contributed by atoms with Gasteiger partial charge in [-0.3, -0.25) is 9.59 Å². The van der Waals surface area contributed by atoms with E-state index in [1.54, 1.807) is 0 Å². The van der Waals surface area contributed by atoms with Gasteiger partial charge >= 0.3 is 11.9 Å². The third kappa shape index (κ3) is 9.02. The lowest BCUT2D eigenvalue weighted by Crippen LogP contribution is -2.20. The highest BCUT2D eigenvalue weighted by Gasteiger charge is 2.15. The minimum Gasteiger partial charge on any atom is -0.465 e. The minimum absolute atomic E-state index is 0.0963. The molecule has 0 heterocycles. The third-order valence-corrected chi connectivity index (χ3v) is 3.21. The summed E-state index contributed by atoms with van der Waals surface area (Å²) in [6, 6.07) is 0. The van der Waals surface area contributed by atoms with Crippen molar-refractivity contribution in [1.82, 2.24) is 0 Å². The molecule has 0 aliphatic heterocycles. The van der Waals surface area contributed by atoms with Crippen molar-refractivity contribution in [2.75, 3.05) is 13.2 Å². The second-order valence-electron chi connectivity index (χ2n) is 5.27. The molecule has 106 valence electrons. The van der Waals surface area contributed by atoms with Crippen LogP contribution in [0.1, 0.15) is 47.5 Å². The molecule has 0 saturated heterocycles. The van der Waals surface area contributed by atoms with E-state index in [4.69, 9.17) is 9.47 Å².